The highest BCUT2D eigenvalue weighted by molar-refractivity contribution is 5.74. The van der Waals surface area contributed by atoms with E-state index < -0.39 is 11.7 Å². The molecule has 4 heterocycles. The second-order valence-electron chi connectivity index (χ2n) is 11.7. The maximum absolute atomic E-state index is 13.7. The van der Waals surface area contributed by atoms with E-state index in [2.05, 4.69) is 66.7 Å². The molecule has 5 rings (SSSR count). The molecule has 236 valence electrons. The molecule has 2 aromatic rings. The molecule has 1 aromatic heterocycles. The van der Waals surface area contributed by atoms with E-state index in [0.717, 1.165) is 75.2 Å². The van der Waals surface area contributed by atoms with E-state index in [9.17, 15) is 18.0 Å². The van der Waals surface area contributed by atoms with Crippen LogP contribution in [0.1, 0.15) is 43.7 Å². The average molecular weight is 604 g/mol. The lowest BCUT2D eigenvalue weighted by molar-refractivity contribution is -0.137. The summed E-state index contributed by atoms with van der Waals surface area (Å²) in [6.45, 7) is 10.4. The third-order valence-electron chi connectivity index (χ3n) is 8.76. The Labute approximate surface area is 252 Å². The molecule has 0 spiro atoms. The predicted molar refractivity (Wildman–Crippen MR) is 163 cm³/mol. The second kappa shape index (κ2) is 14.0. The molecule has 2 amide bonds. The number of amides is 2. The molecule has 3 aliphatic rings. The number of carbonyl (C=O) groups excluding carboxylic acids is 1. The molecule has 0 saturated carbocycles. The largest absolute Gasteiger partial charge is 0.421 e. The van der Waals surface area contributed by atoms with Crippen LogP contribution in [0, 0.1) is 0 Å². The van der Waals surface area contributed by atoms with Gasteiger partial charge in [0.2, 0.25) is 5.95 Å². The number of aryl methyl sites for hydroxylation is 1. The van der Waals surface area contributed by atoms with Crippen molar-refractivity contribution in [1.29, 1.82) is 0 Å². The zero-order valence-corrected chi connectivity index (χ0v) is 25.2. The van der Waals surface area contributed by atoms with Gasteiger partial charge in [0.1, 0.15) is 11.4 Å². The monoisotopic (exact) mass is 603 g/mol. The molecule has 0 bridgehead atoms. The van der Waals surface area contributed by atoms with E-state index in [4.69, 9.17) is 0 Å². The maximum Gasteiger partial charge on any atom is 0.421 e. The van der Waals surface area contributed by atoms with Crippen molar-refractivity contribution in [3.8, 4) is 0 Å². The summed E-state index contributed by atoms with van der Waals surface area (Å²) in [6, 6.07) is 6.73. The number of nitrogens with one attached hydrogen (secondary N) is 3. The summed E-state index contributed by atoms with van der Waals surface area (Å²) >= 11 is 0. The Morgan fingerprint density at radius 3 is 2.53 bits per heavy atom. The van der Waals surface area contributed by atoms with E-state index in [0.29, 0.717) is 32.1 Å². The number of hydrogen-bond donors (Lipinski definition) is 3. The Balaban J connectivity index is 1.21. The Bertz CT molecular complexity index is 1230. The number of halogens is 3. The molecule has 0 unspecified atom stereocenters. The number of anilines is 4. The summed E-state index contributed by atoms with van der Waals surface area (Å²) in [5.41, 5.74) is 2.06. The van der Waals surface area contributed by atoms with E-state index in [1.807, 2.05) is 6.07 Å². The summed E-state index contributed by atoms with van der Waals surface area (Å²) in [7, 11) is 2.19. The van der Waals surface area contributed by atoms with Crippen LogP contribution in [0.4, 0.5) is 41.1 Å². The number of benzene rings is 1. The number of nitrogens with zero attached hydrogens (tertiary/aromatic N) is 6. The highest BCUT2D eigenvalue weighted by Gasteiger charge is 2.35. The minimum atomic E-state index is -4.60. The molecule has 43 heavy (non-hydrogen) atoms. The van der Waals surface area contributed by atoms with Crippen LogP contribution >= 0.6 is 0 Å². The topological polar surface area (TPSA) is 91.9 Å². The molecule has 13 heteroatoms. The van der Waals surface area contributed by atoms with Crippen molar-refractivity contribution in [3.63, 3.8) is 0 Å². The number of likely N-dealkylation sites (tertiary alicyclic amines) is 1. The van der Waals surface area contributed by atoms with Crippen molar-refractivity contribution in [2.75, 3.05) is 88.0 Å². The number of piperazine rings is 1. The van der Waals surface area contributed by atoms with Crippen LogP contribution in [0.15, 0.2) is 24.4 Å². The summed E-state index contributed by atoms with van der Waals surface area (Å²) in [6.07, 6.45) is 0.788. The fraction of sp³-hybridized carbons (Fsp3) is 0.633. The first-order valence-corrected chi connectivity index (χ1v) is 15.5. The molecule has 10 nitrogen and oxygen atoms in total. The van der Waals surface area contributed by atoms with Gasteiger partial charge < -0.3 is 30.7 Å². The first-order valence-electron chi connectivity index (χ1n) is 15.5. The van der Waals surface area contributed by atoms with Gasteiger partial charge >= 0.3 is 12.2 Å². The molecule has 0 aliphatic carbocycles. The van der Waals surface area contributed by atoms with Gasteiger partial charge in [-0.05, 0) is 76.0 Å². The van der Waals surface area contributed by atoms with Crippen LogP contribution in [-0.2, 0) is 12.6 Å². The molecule has 0 atom stereocenters. The molecule has 0 radical (unpaired) electrons. The quantitative estimate of drug-likeness (QED) is 0.348. The van der Waals surface area contributed by atoms with Gasteiger partial charge in [-0.3, -0.25) is 4.90 Å². The van der Waals surface area contributed by atoms with E-state index in [1.54, 1.807) is 4.90 Å². The van der Waals surface area contributed by atoms with Gasteiger partial charge in [-0.15, -0.1) is 0 Å². The molecule has 1 aromatic carbocycles. The third-order valence-corrected chi connectivity index (χ3v) is 8.76. The molecule has 3 saturated heterocycles. The number of alkyl halides is 3. The van der Waals surface area contributed by atoms with Crippen LogP contribution in [0.2, 0.25) is 0 Å². The number of hydrogen-bond acceptors (Lipinski definition) is 8. The first-order chi connectivity index (χ1) is 20.7. The summed E-state index contributed by atoms with van der Waals surface area (Å²) in [5.74, 6) is -0.176. The minimum Gasteiger partial charge on any atom is -0.369 e. The molecule has 3 N–H and O–H groups in total. The average Bonchev–Trinajstić information content (AvgIpc) is 3.00. The lowest BCUT2D eigenvalue weighted by Crippen LogP contribution is -2.53. The fourth-order valence-corrected chi connectivity index (χ4v) is 6.17. The fourth-order valence-electron chi connectivity index (χ4n) is 6.17. The number of rotatable bonds is 10. The predicted octanol–water partition coefficient (Wildman–Crippen LogP) is 4.23. The SMILES string of the molecule is CCc1cc(N2CCN(C3CCN(C)CC3)CC2)ccc1Nc1ncc(C(F)(F)F)c(NCCCN2CCCNC2=O)n1. The standard InChI is InChI=1S/C30H44F3N9O/c1-3-22-20-24(41-18-16-40(17-19-41)23-8-14-39(2)15-9-23)6-7-26(22)37-28-36-21-25(30(31,32)33)27(38-28)34-10-4-12-42-13-5-11-35-29(42)43/h6-7,20-21,23H,3-5,8-19H2,1-2H3,(H,35,43)(H2,34,36,37,38). The van der Waals surface area contributed by atoms with E-state index in [-0.39, 0.29) is 24.3 Å². The van der Waals surface area contributed by atoms with Gasteiger partial charge in [0.25, 0.3) is 0 Å². The summed E-state index contributed by atoms with van der Waals surface area (Å²) < 4.78 is 41.2. The van der Waals surface area contributed by atoms with Gasteiger partial charge in [0.15, 0.2) is 0 Å². The zero-order valence-electron chi connectivity index (χ0n) is 25.2. The van der Waals surface area contributed by atoms with Gasteiger partial charge in [0.05, 0.1) is 0 Å². The normalized spacial score (nSPS) is 19.4. The highest BCUT2D eigenvalue weighted by atomic mass is 19.4. The van der Waals surface area contributed by atoms with Crippen LogP contribution in [0.25, 0.3) is 0 Å². The van der Waals surface area contributed by atoms with Crippen molar-refractivity contribution in [3.05, 3.63) is 35.5 Å². The molecular formula is C30H44F3N9O. The van der Waals surface area contributed by atoms with Crippen molar-refractivity contribution in [2.45, 2.75) is 51.2 Å². The van der Waals surface area contributed by atoms with E-state index in [1.165, 1.54) is 12.8 Å². The van der Waals surface area contributed by atoms with Crippen molar-refractivity contribution >= 4 is 29.2 Å². The van der Waals surface area contributed by atoms with Crippen LogP contribution < -0.4 is 20.9 Å². The van der Waals surface area contributed by atoms with Crippen molar-refractivity contribution < 1.29 is 18.0 Å². The Kier molecular flexibility index (Phi) is 10.1. The minimum absolute atomic E-state index is 0.0973. The number of aromatic nitrogens is 2. The van der Waals surface area contributed by atoms with Gasteiger partial charge in [-0.25, -0.2) is 9.78 Å². The third kappa shape index (κ3) is 7.99. The van der Waals surface area contributed by atoms with Gasteiger partial charge in [0, 0.05) is 76.0 Å². The van der Waals surface area contributed by atoms with Crippen molar-refractivity contribution in [1.82, 2.24) is 30.0 Å². The smallest absolute Gasteiger partial charge is 0.369 e. The van der Waals surface area contributed by atoms with Gasteiger partial charge in [-0.1, -0.05) is 6.92 Å². The van der Waals surface area contributed by atoms with Crippen LogP contribution in [-0.4, -0.2) is 109 Å². The van der Waals surface area contributed by atoms with Crippen molar-refractivity contribution in [2.24, 2.45) is 0 Å². The molecular weight excluding hydrogens is 559 g/mol. The summed E-state index contributed by atoms with van der Waals surface area (Å²) in [5, 5.41) is 8.76. The number of carbonyl (C=O) groups is 1. The zero-order chi connectivity index (χ0) is 30.4. The maximum atomic E-state index is 13.7. The Morgan fingerprint density at radius 1 is 1.07 bits per heavy atom. The van der Waals surface area contributed by atoms with Crippen LogP contribution in [0.5, 0.6) is 0 Å². The molecule has 3 fully saturated rings. The van der Waals surface area contributed by atoms with Crippen LogP contribution in [0.3, 0.4) is 0 Å². The lowest BCUT2D eigenvalue weighted by atomic mass is 10.0. The first kappa shape index (κ1) is 31.1. The second-order valence-corrected chi connectivity index (χ2v) is 11.7. The summed E-state index contributed by atoms with van der Waals surface area (Å²) in [4.78, 5) is 29.3. The Morgan fingerprint density at radius 2 is 1.84 bits per heavy atom. The highest BCUT2D eigenvalue weighted by Crippen LogP contribution is 2.35. The number of piperidine rings is 1. The van der Waals surface area contributed by atoms with E-state index >= 15 is 0 Å². The number of urea groups is 1. The molecule has 3 aliphatic heterocycles. The Hall–Kier alpha value is -3.32. The van der Waals surface area contributed by atoms with Gasteiger partial charge in [-0.2, -0.15) is 18.2 Å². The lowest BCUT2D eigenvalue weighted by Gasteiger charge is -2.43.